The van der Waals surface area contributed by atoms with Crippen molar-refractivity contribution in [2.45, 2.75) is 12.5 Å². The number of fused-ring (bicyclic) bond motifs is 3. The van der Waals surface area contributed by atoms with Crippen LogP contribution < -0.4 is 4.74 Å². The lowest BCUT2D eigenvalue weighted by molar-refractivity contribution is 0.0521. The summed E-state index contributed by atoms with van der Waals surface area (Å²) in [4.78, 5) is 12.9. The maximum absolute atomic E-state index is 12.9. The molecule has 0 aliphatic carbocycles. The fourth-order valence-corrected chi connectivity index (χ4v) is 4.63. The Bertz CT molecular complexity index is 1380. The molecule has 0 radical (unpaired) electrons. The number of ether oxygens (including phenoxy) is 2. The Hall–Kier alpha value is -3.77. The molecule has 0 fully saturated rings. The third-order valence-corrected chi connectivity index (χ3v) is 6.50. The summed E-state index contributed by atoms with van der Waals surface area (Å²) in [5.41, 5.74) is 1.15. The number of phenols is 2. The van der Waals surface area contributed by atoms with Crippen LogP contribution in [-0.2, 0) is 10.3 Å². The summed E-state index contributed by atoms with van der Waals surface area (Å²) < 4.78 is 13.0. The van der Waals surface area contributed by atoms with E-state index >= 15 is 0 Å². The highest BCUT2D eigenvalue weighted by atomic mass is 79.9. The molecule has 2 N–H and O–H groups in total. The molecule has 1 heterocycles. The van der Waals surface area contributed by atoms with Crippen molar-refractivity contribution in [1.82, 2.24) is 0 Å². The number of benzene rings is 4. The first-order chi connectivity index (χ1) is 16.4. The van der Waals surface area contributed by atoms with E-state index in [4.69, 9.17) is 9.47 Å². The zero-order chi connectivity index (χ0) is 23.9. The fraction of sp³-hybridized carbons (Fsp3) is 0.107. The van der Waals surface area contributed by atoms with Crippen LogP contribution in [0.25, 0.3) is 16.8 Å². The van der Waals surface area contributed by atoms with Crippen molar-refractivity contribution in [3.05, 3.63) is 106 Å². The van der Waals surface area contributed by atoms with Crippen molar-refractivity contribution in [1.29, 1.82) is 0 Å². The maximum atomic E-state index is 12.9. The molecule has 0 amide bonds. The molecule has 170 valence electrons. The monoisotopic (exact) mass is 516 g/mol. The summed E-state index contributed by atoms with van der Waals surface area (Å²) in [6.07, 6.45) is 3.66. The zero-order valence-corrected chi connectivity index (χ0v) is 19.9. The van der Waals surface area contributed by atoms with Gasteiger partial charge in [-0.25, -0.2) is 4.79 Å². The van der Waals surface area contributed by atoms with E-state index in [0.29, 0.717) is 22.1 Å². The van der Waals surface area contributed by atoms with Crippen molar-refractivity contribution in [3.8, 4) is 17.2 Å². The van der Waals surface area contributed by atoms with E-state index in [-0.39, 0.29) is 23.7 Å². The molecule has 0 saturated carbocycles. The topological polar surface area (TPSA) is 76.0 Å². The van der Waals surface area contributed by atoms with Crippen LogP contribution in [0.3, 0.4) is 0 Å². The Morgan fingerprint density at radius 3 is 2.21 bits per heavy atom. The van der Waals surface area contributed by atoms with Gasteiger partial charge in [-0.2, -0.15) is 0 Å². The van der Waals surface area contributed by atoms with E-state index in [2.05, 4.69) is 15.9 Å². The van der Waals surface area contributed by atoms with Gasteiger partial charge >= 0.3 is 5.97 Å². The number of aromatic hydroxyl groups is 2. The highest BCUT2D eigenvalue weighted by Gasteiger charge is 2.39. The largest absolute Gasteiger partial charge is 0.508 e. The lowest BCUT2D eigenvalue weighted by atomic mass is 9.82. The van der Waals surface area contributed by atoms with Gasteiger partial charge in [0.1, 0.15) is 22.8 Å². The minimum Gasteiger partial charge on any atom is -0.508 e. The van der Waals surface area contributed by atoms with E-state index in [1.807, 2.05) is 54.6 Å². The highest BCUT2D eigenvalue weighted by molar-refractivity contribution is 9.10. The predicted molar refractivity (Wildman–Crippen MR) is 134 cm³/mol. The molecule has 0 spiro atoms. The lowest BCUT2D eigenvalue weighted by Crippen LogP contribution is -2.34. The first kappa shape index (κ1) is 22.0. The van der Waals surface area contributed by atoms with Gasteiger partial charge in [-0.15, -0.1) is 0 Å². The van der Waals surface area contributed by atoms with E-state index in [9.17, 15) is 15.0 Å². The van der Waals surface area contributed by atoms with Crippen LogP contribution >= 0.6 is 15.9 Å². The Morgan fingerprint density at radius 2 is 1.56 bits per heavy atom. The average molecular weight is 517 g/mol. The zero-order valence-electron chi connectivity index (χ0n) is 18.3. The summed E-state index contributed by atoms with van der Waals surface area (Å²) in [6, 6.07) is 21.9. The first-order valence-corrected chi connectivity index (χ1v) is 11.6. The smallest absolute Gasteiger partial charge is 0.342 e. The van der Waals surface area contributed by atoms with E-state index in [1.54, 1.807) is 37.3 Å². The molecule has 5 rings (SSSR count). The van der Waals surface area contributed by atoms with Crippen LogP contribution in [0, 0.1) is 0 Å². The van der Waals surface area contributed by atoms with Gasteiger partial charge in [-0.05, 0) is 43.3 Å². The maximum Gasteiger partial charge on any atom is 0.342 e. The van der Waals surface area contributed by atoms with Gasteiger partial charge in [0.05, 0.1) is 6.61 Å². The predicted octanol–water partition coefficient (Wildman–Crippen LogP) is 6.54. The minimum atomic E-state index is -1.03. The van der Waals surface area contributed by atoms with Crippen molar-refractivity contribution in [3.63, 3.8) is 0 Å². The van der Waals surface area contributed by atoms with Crippen molar-refractivity contribution in [2.24, 2.45) is 0 Å². The Labute approximate surface area is 205 Å². The van der Waals surface area contributed by atoms with Crippen LogP contribution in [0.5, 0.6) is 17.2 Å². The van der Waals surface area contributed by atoms with E-state index < -0.39 is 11.6 Å². The molecule has 34 heavy (non-hydrogen) atoms. The first-order valence-electron chi connectivity index (χ1n) is 10.8. The number of esters is 1. The second kappa shape index (κ2) is 8.54. The molecule has 0 saturated heterocycles. The minimum absolute atomic E-state index is 0.0712. The lowest BCUT2D eigenvalue weighted by Gasteiger charge is -2.37. The second-order valence-corrected chi connectivity index (χ2v) is 8.87. The van der Waals surface area contributed by atoms with Crippen LogP contribution in [0.15, 0.2) is 83.3 Å². The Morgan fingerprint density at radius 1 is 0.941 bits per heavy atom. The number of carbonyl (C=O) groups is 1. The summed E-state index contributed by atoms with van der Waals surface area (Å²) in [7, 11) is 0. The van der Waals surface area contributed by atoms with Gasteiger partial charge in [0.2, 0.25) is 0 Å². The van der Waals surface area contributed by atoms with Crippen molar-refractivity contribution >= 4 is 38.7 Å². The molecule has 5 nitrogen and oxygen atoms in total. The molecular formula is C28H21BrO5. The van der Waals surface area contributed by atoms with E-state index in [0.717, 1.165) is 15.6 Å². The molecule has 1 aliphatic heterocycles. The van der Waals surface area contributed by atoms with Crippen molar-refractivity contribution < 1.29 is 24.5 Å². The molecule has 4 aromatic rings. The van der Waals surface area contributed by atoms with Gasteiger partial charge in [0, 0.05) is 31.9 Å². The Balaban J connectivity index is 1.81. The van der Waals surface area contributed by atoms with Gasteiger partial charge in [0.25, 0.3) is 0 Å². The number of halogens is 1. The highest BCUT2D eigenvalue weighted by Crippen LogP contribution is 2.49. The van der Waals surface area contributed by atoms with Gasteiger partial charge in [0.15, 0.2) is 5.60 Å². The van der Waals surface area contributed by atoms with Crippen LogP contribution in [-0.4, -0.2) is 22.8 Å². The quantitative estimate of drug-likeness (QED) is 0.301. The van der Waals surface area contributed by atoms with Gasteiger partial charge in [-0.1, -0.05) is 64.5 Å². The van der Waals surface area contributed by atoms with Crippen molar-refractivity contribution in [2.75, 3.05) is 6.61 Å². The van der Waals surface area contributed by atoms with Crippen LogP contribution in [0.4, 0.5) is 0 Å². The third kappa shape index (κ3) is 3.51. The SMILES string of the molecule is CCOC(=O)c1c2c(c3ccccc3c1O)OC(c1ccc(O)cc1)(c1ccc(Br)cc1)C=C2. The molecule has 0 bridgehead atoms. The third-order valence-electron chi connectivity index (χ3n) is 5.97. The summed E-state index contributed by atoms with van der Waals surface area (Å²) >= 11 is 3.49. The number of rotatable bonds is 4. The molecule has 1 unspecified atom stereocenters. The molecule has 0 aromatic heterocycles. The number of hydrogen-bond donors (Lipinski definition) is 2. The van der Waals surface area contributed by atoms with E-state index in [1.165, 1.54) is 0 Å². The number of hydrogen-bond acceptors (Lipinski definition) is 5. The summed E-state index contributed by atoms with van der Waals surface area (Å²) in [5, 5.41) is 22.1. The molecular weight excluding hydrogens is 496 g/mol. The number of phenolic OH excluding ortho intramolecular Hbond substituents is 2. The Kier molecular flexibility index (Phi) is 5.54. The van der Waals surface area contributed by atoms with Gasteiger partial charge < -0.3 is 19.7 Å². The molecule has 1 aliphatic rings. The normalized spacial score (nSPS) is 16.6. The summed E-state index contributed by atoms with van der Waals surface area (Å²) in [5.74, 6) is -0.136. The average Bonchev–Trinajstić information content (AvgIpc) is 2.85. The fourth-order valence-electron chi connectivity index (χ4n) is 4.37. The van der Waals surface area contributed by atoms with Gasteiger partial charge in [-0.3, -0.25) is 0 Å². The molecule has 1 atom stereocenters. The number of carbonyl (C=O) groups excluding carboxylic acids is 1. The molecule has 6 heteroatoms. The standard InChI is InChI=1S/C28H21BrO5/c1-2-33-27(32)24-23-15-16-28(17-7-11-19(29)12-8-17,18-9-13-20(30)14-10-18)34-26(23)22-6-4-3-5-21(22)25(24)31/h3-16,30-31H,2H2,1H3. The second-order valence-electron chi connectivity index (χ2n) is 7.96. The van der Waals surface area contributed by atoms with Crippen LogP contribution in [0.2, 0.25) is 0 Å². The van der Waals surface area contributed by atoms with Crippen LogP contribution in [0.1, 0.15) is 34.0 Å². The molecule has 4 aromatic carbocycles. The summed E-state index contributed by atoms with van der Waals surface area (Å²) in [6.45, 7) is 1.90.